The predicted octanol–water partition coefficient (Wildman–Crippen LogP) is 2.62. The van der Waals surface area contributed by atoms with Gasteiger partial charge in [0.2, 0.25) is 0 Å². The summed E-state index contributed by atoms with van der Waals surface area (Å²) in [4.78, 5) is 7.09. The fraction of sp³-hybridized carbons (Fsp3) is 0.471. The van der Waals surface area contributed by atoms with Gasteiger partial charge in [0.05, 0.1) is 11.1 Å². The van der Waals surface area contributed by atoms with E-state index >= 15 is 0 Å². The second kappa shape index (κ2) is 5.62. The van der Waals surface area contributed by atoms with Crippen LogP contribution in [0.15, 0.2) is 30.3 Å². The molecule has 1 fully saturated rings. The van der Waals surface area contributed by atoms with Crippen molar-refractivity contribution >= 4 is 16.7 Å². The van der Waals surface area contributed by atoms with Crippen molar-refractivity contribution in [3.05, 3.63) is 35.9 Å². The normalized spacial score (nSPS) is 18.8. The van der Waals surface area contributed by atoms with Crippen LogP contribution in [0.25, 0.3) is 10.9 Å². The van der Waals surface area contributed by atoms with E-state index in [1.54, 1.807) is 0 Å². The zero-order valence-corrected chi connectivity index (χ0v) is 12.8. The highest BCUT2D eigenvalue weighted by Gasteiger charge is 2.27. The van der Waals surface area contributed by atoms with E-state index in [1.165, 1.54) is 10.9 Å². The fourth-order valence-electron chi connectivity index (χ4n) is 2.93. The lowest BCUT2D eigenvalue weighted by molar-refractivity contribution is -0.00725. The third-order valence-electron chi connectivity index (χ3n) is 4.37. The SMILES string of the molecule is CNc1nc2ccccc2cc1CN1CCC(C)(O)CC1. The first-order chi connectivity index (χ1) is 10.1. The fourth-order valence-corrected chi connectivity index (χ4v) is 2.93. The molecule has 1 saturated heterocycles. The van der Waals surface area contributed by atoms with Crippen molar-refractivity contribution in [1.82, 2.24) is 9.88 Å². The van der Waals surface area contributed by atoms with Gasteiger partial charge in [-0.2, -0.15) is 0 Å². The third-order valence-corrected chi connectivity index (χ3v) is 4.37. The molecule has 4 nitrogen and oxygen atoms in total. The molecule has 1 aliphatic rings. The van der Waals surface area contributed by atoms with Crippen LogP contribution in [0.1, 0.15) is 25.3 Å². The number of pyridine rings is 1. The number of piperidine rings is 1. The van der Waals surface area contributed by atoms with Crippen LogP contribution in [0.3, 0.4) is 0 Å². The van der Waals surface area contributed by atoms with E-state index in [0.29, 0.717) is 0 Å². The number of para-hydroxylation sites is 1. The number of aliphatic hydroxyl groups is 1. The highest BCUT2D eigenvalue weighted by Crippen LogP contribution is 2.25. The number of rotatable bonds is 3. The van der Waals surface area contributed by atoms with E-state index in [0.717, 1.165) is 43.8 Å². The summed E-state index contributed by atoms with van der Waals surface area (Å²) < 4.78 is 0. The quantitative estimate of drug-likeness (QED) is 0.910. The summed E-state index contributed by atoms with van der Waals surface area (Å²) in [6.45, 7) is 4.68. The first-order valence-electron chi connectivity index (χ1n) is 7.58. The monoisotopic (exact) mass is 285 g/mol. The van der Waals surface area contributed by atoms with Crippen LogP contribution >= 0.6 is 0 Å². The number of anilines is 1. The van der Waals surface area contributed by atoms with Gasteiger partial charge in [0, 0.05) is 37.6 Å². The summed E-state index contributed by atoms with van der Waals surface area (Å²) in [5.74, 6) is 0.950. The molecule has 0 amide bonds. The van der Waals surface area contributed by atoms with Gasteiger partial charge < -0.3 is 10.4 Å². The lowest BCUT2D eigenvalue weighted by atomic mass is 9.93. The molecule has 2 heterocycles. The summed E-state index contributed by atoms with van der Waals surface area (Å²) in [5.41, 5.74) is 1.74. The van der Waals surface area contributed by atoms with Gasteiger partial charge in [-0.05, 0) is 31.9 Å². The minimum atomic E-state index is -0.496. The highest BCUT2D eigenvalue weighted by molar-refractivity contribution is 5.81. The van der Waals surface area contributed by atoms with Gasteiger partial charge in [0.15, 0.2) is 0 Å². The molecule has 0 spiro atoms. The Bertz CT molecular complexity index is 629. The van der Waals surface area contributed by atoms with E-state index < -0.39 is 5.60 Å². The Labute approximate surface area is 125 Å². The topological polar surface area (TPSA) is 48.4 Å². The van der Waals surface area contributed by atoms with E-state index in [4.69, 9.17) is 4.98 Å². The first-order valence-corrected chi connectivity index (χ1v) is 7.58. The van der Waals surface area contributed by atoms with Gasteiger partial charge in [0.25, 0.3) is 0 Å². The number of hydrogen-bond acceptors (Lipinski definition) is 4. The summed E-state index contributed by atoms with van der Waals surface area (Å²) in [5, 5.41) is 14.4. The molecule has 1 aromatic heterocycles. The van der Waals surface area contributed by atoms with Crippen molar-refractivity contribution in [2.75, 3.05) is 25.5 Å². The summed E-state index contributed by atoms with van der Waals surface area (Å²) >= 11 is 0. The van der Waals surface area contributed by atoms with Gasteiger partial charge in [-0.25, -0.2) is 4.98 Å². The Morgan fingerprint density at radius 2 is 2.00 bits per heavy atom. The number of fused-ring (bicyclic) bond motifs is 1. The second-order valence-corrected chi connectivity index (χ2v) is 6.21. The van der Waals surface area contributed by atoms with Crippen LogP contribution in [0.2, 0.25) is 0 Å². The zero-order valence-electron chi connectivity index (χ0n) is 12.8. The number of benzene rings is 1. The molecule has 112 valence electrons. The maximum absolute atomic E-state index is 10.0. The van der Waals surface area contributed by atoms with Crippen molar-refractivity contribution in [3.8, 4) is 0 Å². The summed E-state index contributed by atoms with van der Waals surface area (Å²) in [6.07, 6.45) is 1.67. The van der Waals surface area contributed by atoms with Gasteiger partial charge >= 0.3 is 0 Å². The number of likely N-dealkylation sites (tertiary alicyclic amines) is 1. The second-order valence-electron chi connectivity index (χ2n) is 6.21. The lowest BCUT2D eigenvalue weighted by Crippen LogP contribution is -2.42. The number of hydrogen-bond donors (Lipinski definition) is 2. The Balaban J connectivity index is 1.83. The smallest absolute Gasteiger partial charge is 0.130 e. The molecule has 2 N–H and O–H groups in total. The van der Waals surface area contributed by atoms with Crippen LogP contribution in [-0.4, -0.2) is 40.7 Å². The maximum Gasteiger partial charge on any atom is 0.130 e. The lowest BCUT2D eigenvalue weighted by Gasteiger charge is -2.36. The Kier molecular flexibility index (Phi) is 3.83. The molecule has 0 saturated carbocycles. The Hall–Kier alpha value is -1.65. The van der Waals surface area contributed by atoms with Gasteiger partial charge in [-0.15, -0.1) is 0 Å². The van der Waals surface area contributed by atoms with Crippen molar-refractivity contribution in [3.63, 3.8) is 0 Å². The zero-order chi connectivity index (χ0) is 14.9. The largest absolute Gasteiger partial charge is 0.390 e. The van der Waals surface area contributed by atoms with Crippen molar-refractivity contribution in [2.45, 2.75) is 31.9 Å². The third kappa shape index (κ3) is 3.17. The van der Waals surface area contributed by atoms with Gasteiger partial charge in [-0.3, -0.25) is 4.90 Å². The summed E-state index contributed by atoms with van der Waals surface area (Å²) in [7, 11) is 1.92. The van der Waals surface area contributed by atoms with Crippen LogP contribution in [-0.2, 0) is 6.54 Å². The molecule has 0 bridgehead atoms. The Morgan fingerprint density at radius 3 is 2.71 bits per heavy atom. The van der Waals surface area contributed by atoms with Crippen LogP contribution in [0, 0.1) is 0 Å². The first kappa shape index (κ1) is 14.3. The summed E-state index contributed by atoms with van der Waals surface area (Å²) in [6, 6.07) is 10.4. The number of nitrogens with one attached hydrogen (secondary N) is 1. The number of aromatic nitrogens is 1. The molecule has 2 aromatic rings. The average molecular weight is 285 g/mol. The molecule has 0 unspecified atom stereocenters. The van der Waals surface area contributed by atoms with Crippen LogP contribution in [0.5, 0.6) is 0 Å². The molecule has 0 radical (unpaired) electrons. The molecule has 0 atom stereocenters. The molecular formula is C17H23N3O. The molecule has 1 aromatic carbocycles. The van der Waals surface area contributed by atoms with E-state index in [1.807, 2.05) is 32.2 Å². The van der Waals surface area contributed by atoms with E-state index in [2.05, 4.69) is 22.3 Å². The molecule has 4 heteroatoms. The molecule has 1 aliphatic heterocycles. The minimum absolute atomic E-state index is 0.496. The maximum atomic E-state index is 10.0. The average Bonchev–Trinajstić information content (AvgIpc) is 2.48. The van der Waals surface area contributed by atoms with Crippen molar-refractivity contribution in [2.24, 2.45) is 0 Å². The predicted molar refractivity (Wildman–Crippen MR) is 86.4 cm³/mol. The van der Waals surface area contributed by atoms with Gasteiger partial charge in [0.1, 0.15) is 5.82 Å². The molecule has 3 rings (SSSR count). The van der Waals surface area contributed by atoms with Gasteiger partial charge in [-0.1, -0.05) is 18.2 Å². The van der Waals surface area contributed by atoms with E-state index in [-0.39, 0.29) is 0 Å². The molecular weight excluding hydrogens is 262 g/mol. The standard InChI is InChI=1S/C17H23N3O/c1-17(21)7-9-20(10-8-17)12-14-11-13-5-3-4-6-15(13)19-16(14)18-2/h3-6,11,21H,7-10,12H2,1-2H3,(H,18,19). The van der Waals surface area contributed by atoms with Crippen molar-refractivity contribution in [1.29, 1.82) is 0 Å². The van der Waals surface area contributed by atoms with E-state index in [9.17, 15) is 5.11 Å². The Morgan fingerprint density at radius 1 is 1.29 bits per heavy atom. The molecule has 0 aliphatic carbocycles. The van der Waals surface area contributed by atoms with Crippen LogP contribution < -0.4 is 5.32 Å². The van der Waals surface area contributed by atoms with Crippen LogP contribution in [0.4, 0.5) is 5.82 Å². The highest BCUT2D eigenvalue weighted by atomic mass is 16.3. The molecule has 21 heavy (non-hydrogen) atoms. The van der Waals surface area contributed by atoms with Crippen molar-refractivity contribution < 1.29 is 5.11 Å². The minimum Gasteiger partial charge on any atom is -0.390 e. The number of nitrogens with zero attached hydrogens (tertiary/aromatic N) is 2.